The number of nitrogens with zero attached hydrogens (tertiary/aromatic N) is 3. The number of nitrogens with one attached hydrogen (secondary N) is 4. The summed E-state index contributed by atoms with van der Waals surface area (Å²) in [6.45, 7) is 3.04. The average Bonchev–Trinajstić information content (AvgIpc) is 2.99. The van der Waals surface area contributed by atoms with Crippen molar-refractivity contribution >= 4 is 29.4 Å². The lowest BCUT2D eigenvalue weighted by molar-refractivity contribution is -0.120. The molecular formula is C30H41FN8O3. The van der Waals surface area contributed by atoms with Crippen molar-refractivity contribution in [3.63, 3.8) is 0 Å². The number of aromatic nitrogens is 3. The predicted octanol–water partition coefficient (Wildman–Crippen LogP) is 3.76. The van der Waals surface area contributed by atoms with Gasteiger partial charge in [-0.2, -0.15) is 15.0 Å². The molecule has 0 spiro atoms. The van der Waals surface area contributed by atoms with Gasteiger partial charge in [-0.3, -0.25) is 4.79 Å². The van der Waals surface area contributed by atoms with Crippen LogP contribution in [0.25, 0.3) is 0 Å². The number of nitrogens with two attached hydrogens (primary N) is 1. The molecule has 1 saturated carbocycles. The van der Waals surface area contributed by atoms with Crippen LogP contribution in [0.3, 0.4) is 0 Å². The number of hydrogen-bond donors (Lipinski definition) is 5. The smallest absolute Gasteiger partial charge is 0.233 e. The summed E-state index contributed by atoms with van der Waals surface area (Å²) in [6, 6.07) is 14.4. The molecular weight excluding hydrogens is 539 g/mol. The van der Waals surface area contributed by atoms with Gasteiger partial charge >= 0.3 is 0 Å². The van der Waals surface area contributed by atoms with Crippen LogP contribution in [-0.4, -0.2) is 66.4 Å². The number of benzene rings is 2. The third kappa shape index (κ3) is 10.8. The summed E-state index contributed by atoms with van der Waals surface area (Å²) >= 11 is 0. The molecule has 42 heavy (non-hydrogen) atoms. The van der Waals surface area contributed by atoms with Crippen LogP contribution in [0, 0.1) is 5.82 Å². The third-order valence-corrected chi connectivity index (χ3v) is 6.75. The second kappa shape index (κ2) is 17.2. The molecule has 1 heterocycles. The Bertz CT molecular complexity index is 1240. The Morgan fingerprint density at radius 1 is 0.881 bits per heavy atom. The molecule has 3 aromatic rings. The number of rotatable bonds is 17. The van der Waals surface area contributed by atoms with Crippen LogP contribution >= 0.6 is 0 Å². The van der Waals surface area contributed by atoms with E-state index in [2.05, 4.69) is 36.2 Å². The van der Waals surface area contributed by atoms with Gasteiger partial charge in [-0.05, 0) is 36.6 Å². The first-order valence-electron chi connectivity index (χ1n) is 14.6. The van der Waals surface area contributed by atoms with Crippen molar-refractivity contribution in [2.24, 2.45) is 5.73 Å². The summed E-state index contributed by atoms with van der Waals surface area (Å²) in [5.74, 6) is 0.799. The highest BCUT2D eigenvalue weighted by atomic mass is 19.1. The Morgan fingerprint density at radius 2 is 1.60 bits per heavy atom. The Kier molecular flexibility index (Phi) is 12.7. The number of halogens is 1. The molecule has 1 aromatic heterocycles. The van der Waals surface area contributed by atoms with Crippen molar-refractivity contribution in [2.75, 3.05) is 55.5 Å². The summed E-state index contributed by atoms with van der Waals surface area (Å²) in [7, 11) is 0. The molecule has 6 N–H and O–H groups in total. The van der Waals surface area contributed by atoms with E-state index in [1.807, 2.05) is 24.3 Å². The second-order valence-corrected chi connectivity index (χ2v) is 10.1. The van der Waals surface area contributed by atoms with Crippen LogP contribution in [0.1, 0.15) is 43.2 Å². The van der Waals surface area contributed by atoms with E-state index < -0.39 is 0 Å². The summed E-state index contributed by atoms with van der Waals surface area (Å²) in [6.07, 6.45) is 5.99. The Hall–Kier alpha value is -3.87. The van der Waals surface area contributed by atoms with Gasteiger partial charge in [0.05, 0.1) is 32.8 Å². The fraction of sp³-hybridized carbons (Fsp3) is 0.467. The normalized spacial score (nSPS) is 13.5. The Balaban J connectivity index is 1.31. The zero-order valence-corrected chi connectivity index (χ0v) is 23.9. The van der Waals surface area contributed by atoms with Crippen LogP contribution in [0.2, 0.25) is 0 Å². The molecule has 1 amide bonds. The maximum absolute atomic E-state index is 14.1. The summed E-state index contributed by atoms with van der Waals surface area (Å²) in [4.78, 5) is 25.9. The van der Waals surface area contributed by atoms with Gasteiger partial charge in [0, 0.05) is 36.9 Å². The topological polar surface area (TPSA) is 148 Å². The Labute approximate surface area is 246 Å². The van der Waals surface area contributed by atoms with Gasteiger partial charge in [0.2, 0.25) is 23.8 Å². The predicted molar refractivity (Wildman–Crippen MR) is 161 cm³/mol. The van der Waals surface area contributed by atoms with E-state index in [1.165, 1.54) is 25.3 Å². The summed E-state index contributed by atoms with van der Waals surface area (Å²) < 4.78 is 24.8. The lowest BCUT2D eigenvalue weighted by Gasteiger charge is -2.23. The highest BCUT2D eigenvalue weighted by Crippen LogP contribution is 2.22. The highest BCUT2D eigenvalue weighted by Gasteiger charge is 2.16. The molecule has 0 aliphatic heterocycles. The first-order valence-corrected chi connectivity index (χ1v) is 14.6. The van der Waals surface area contributed by atoms with Crippen molar-refractivity contribution in [1.82, 2.24) is 20.3 Å². The van der Waals surface area contributed by atoms with Crippen molar-refractivity contribution in [3.05, 3.63) is 65.5 Å². The quantitative estimate of drug-likeness (QED) is 0.149. The van der Waals surface area contributed by atoms with Crippen LogP contribution in [0.15, 0.2) is 48.5 Å². The molecule has 0 radical (unpaired) electrons. The van der Waals surface area contributed by atoms with Crippen LogP contribution in [0.4, 0.5) is 27.9 Å². The zero-order chi connectivity index (χ0) is 29.4. The van der Waals surface area contributed by atoms with E-state index >= 15 is 0 Å². The van der Waals surface area contributed by atoms with E-state index in [0.29, 0.717) is 69.0 Å². The van der Waals surface area contributed by atoms with E-state index in [4.69, 9.17) is 15.2 Å². The fourth-order valence-electron chi connectivity index (χ4n) is 4.57. The SMILES string of the molecule is NCCOCCOCCNC(=O)Cc1ccc(Nc2nc(NCc3ccccc3F)nc(NC3CCCCC3)n2)cc1. The molecule has 12 heteroatoms. The van der Waals surface area contributed by atoms with Gasteiger partial charge in [-0.15, -0.1) is 0 Å². The lowest BCUT2D eigenvalue weighted by Crippen LogP contribution is -2.29. The van der Waals surface area contributed by atoms with Crippen molar-refractivity contribution in [2.45, 2.75) is 51.1 Å². The van der Waals surface area contributed by atoms with Gasteiger partial charge in [-0.25, -0.2) is 4.39 Å². The molecule has 0 unspecified atom stereocenters. The van der Waals surface area contributed by atoms with Gasteiger partial charge in [0.1, 0.15) is 5.82 Å². The summed E-state index contributed by atoms with van der Waals surface area (Å²) in [5, 5.41) is 12.7. The van der Waals surface area contributed by atoms with Gasteiger partial charge in [0.15, 0.2) is 0 Å². The molecule has 1 fully saturated rings. The number of carbonyl (C=O) groups is 1. The summed E-state index contributed by atoms with van der Waals surface area (Å²) in [5.41, 5.74) is 7.52. The molecule has 226 valence electrons. The van der Waals surface area contributed by atoms with Gasteiger partial charge in [0.25, 0.3) is 0 Å². The molecule has 0 bridgehead atoms. The fourth-order valence-corrected chi connectivity index (χ4v) is 4.57. The minimum absolute atomic E-state index is 0.0832. The van der Waals surface area contributed by atoms with E-state index in [-0.39, 0.29) is 24.7 Å². The number of anilines is 4. The number of ether oxygens (including phenoxy) is 2. The van der Waals surface area contributed by atoms with Crippen molar-refractivity contribution in [3.8, 4) is 0 Å². The van der Waals surface area contributed by atoms with E-state index in [1.54, 1.807) is 18.2 Å². The minimum Gasteiger partial charge on any atom is -0.378 e. The molecule has 11 nitrogen and oxygen atoms in total. The Morgan fingerprint density at radius 3 is 2.36 bits per heavy atom. The maximum Gasteiger partial charge on any atom is 0.233 e. The number of hydrogen-bond acceptors (Lipinski definition) is 10. The molecule has 1 aliphatic rings. The third-order valence-electron chi connectivity index (χ3n) is 6.75. The van der Waals surface area contributed by atoms with Gasteiger partial charge < -0.3 is 36.5 Å². The number of carbonyl (C=O) groups excluding carboxylic acids is 1. The number of amides is 1. The van der Waals surface area contributed by atoms with E-state index in [0.717, 1.165) is 24.1 Å². The molecule has 0 atom stereocenters. The molecule has 2 aromatic carbocycles. The van der Waals surface area contributed by atoms with Gasteiger partial charge in [-0.1, -0.05) is 49.6 Å². The van der Waals surface area contributed by atoms with Crippen molar-refractivity contribution in [1.29, 1.82) is 0 Å². The molecule has 0 saturated heterocycles. The monoisotopic (exact) mass is 580 g/mol. The van der Waals surface area contributed by atoms with Crippen LogP contribution in [0.5, 0.6) is 0 Å². The zero-order valence-electron chi connectivity index (χ0n) is 23.9. The first-order chi connectivity index (χ1) is 20.6. The first kappa shape index (κ1) is 31.1. The van der Waals surface area contributed by atoms with Crippen LogP contribution < -0.4 is 27.0 Å². The highest BCUT2D eigenvalue weighted by molar-refractivity contribution is 5.78. The second-order valence-electron chi connectivity index (χ2n) is 10.1. The van der Waals surface area contributed by atoms with Crippen LogP contribution in [-0.2, 0) is 27.2 Å². The lowest BCUT2D eigenvalue weighted by atomic mass is 9.96. The van der Waals surface area contributed by atoms with Crippen molar-refractivity contribution < 1.29 is 18.7 Å². The molecule has 1 aliphatic carbocycles. The largest absolute Gasteiger partial charge is 0.378 e. The molecule has 4 rings (SSSR count). The standard InChI is InChI=1S/C30H41FN8O3/c31-26-9-5-4-6-23(26)21-34-28-37-29(35-24-7-2-1-3-8-24)39-30(38-28)36-25-12-10-22(11-13-25)20-27(40)33-15-17-42-19-18-41-16-14-32/h4-6,9-13,24H,1-3,7-8,14-21,32H2,(H,33,40)(H3,34,35,36,37,38,39). The minimum atomic E-state index is -0.288. The van der Waals surface area contributed by atoms with E-state index in [9.17, 15) is 9.18 Å². The maximum atomic E-state index is 14.1. The average molecular weight is 581 g/mol.